The highest BCUT2D eigenvalue weighted by molar-refractivity contribution is 6.05. The van der Waals surface area contributed by atoms with E-state index in [1.807, 2.05) is 48.5 Å². The number of fused-ring (bicyclic) bond motifs is 3. The minimum atomic E-state index is -0.126. The SMILES string of the molecule is O=c1c2ccccc2c2ccccc2c(=O)n1C1CCCCCCCCCCC1. The summed E-state index contributed by atoms with van der Waals surface area (Å²) in [5.41, 5.74) is -0.252. The van der Waals surface area contributed by atoms with Gasteiger partial charge in [-0.3, -0.25) is 14.2 Å². The van der Waals surface area contributed by atoms with Gasteiger partial charge in [-0.25, -0.2) is 0 Å². The summed E-state index contributed by atoms with van der Waals surface area (Å²) in [6.07, 6.45) is 12.9. The Bertz CT molecular complexity index is 1010. The van der Waals surface area contributed by atoms with Crippen molar-refractivity contribution in [3.8, 4) is 0 Å². The van der Waals surface area contributed by atoms with E-state index in [2.05, 4.69) is 0 Å². The molecule has 4 rings (SSSR count). The van der Waals surface area contributed by atoms with E-state index in [0.717, 1.165) is 36.5 Å². The minimum Gasteiger partial charge on any atom is -0.271 e. The zero-order valence-corrected chi connectivity index (χ0v) is 17.2. The molecule has 29 heavy (non-hydrogen) atoms. The molecule has 1 aromatic heterocycles. The Balaban J connectivity index is 1.88. The van der Waals surface area contributed by atoms with Crippen LogP contribution in [-0.2, 0) is 0 Å². The number of rotatable bonds is 1. The molecule has 0 atom stereocenters. The Hall–Kier alpha value is -2.42. The average molecular weight is 390 g/mol. The summed E-state index contributed by atoms with van der Waals surface area (Å²) in [6.45, 7) is 0. The lowest BCUT2D eigenvalue weighted by Gasteiger charge is -2.19. The normalized spacial score (nSPS) is 17.7. The second-order valence-electron chi connectivity index (χ2n) is 8.48. The lowest BCUT2D eigenvalue weighted by atomic mass is 9.97. The maximum atomic E-state index is 13.6. The van der Waals surface area contributed by atoms with Gasteiger partial charge in [0.1, 0.15) is 0 Å². The third-order valence-corrected chi connectivity index (χ3v) is 6.48. The van der Waals surface area contributed by atoms with Crippen LogP contribution in [0.15, 0.2) is 58.1 Å². The minimum absolute atomic E-state index is 0.00589. The van der Waals surface area contributed by atoms with Crippen LogP contribution in [-0.4, -0.2) is 4.57 Å². The van der Waals surface area contributed by atoms with E-state index in [9.17, 15) is 9.59 Å². The fourth-order valence-electron chi connectivity index (χ4n) is 4.89. The molecule has 1 aliphatic rings. The summed E-state index contributed by atoms with van der Waals surface area (Å²) in [4.78, 5) is 27.2. The molecule has 0 bridgehead atoms. The molecule has 2 aromatic carbocycles. The van der Waals surface area contributed by atoms with E-state index in [4.69, 9.17) is 0 Å². The fourth-order valence-corrected chi connectivity index (χ4v) is 4.89. The first-order valence-electron chi connectivity index (χ1n) is 11.3. The van der Waals surface area contributed by atoms with Gasteiger partial charge < -0.3 is 0 Å². The Morgan fingerprint density at radius 1 is 0.517 bits per heavy atom. The van der Waals surface area contributed by atoms with Crippen molar-refractivity contribution in [1.29, 1.82) is 0 Å². The van der Waals surface area contributed by atoms with E-state index in [1.165, 1.54) is 44.9 Å². The quantitative estimate of drug-likeness (QED) is 0.486. The first kappa shape index (κ1) is 19.9. The molecule has 3 aromatic rings. The zero-order chi connectivity index (χ0) is 20.1. The van der Waals surface area contributed by atoms with Crippen LogP contribution < -0.4 is 11.1 Å². The molecule has 1 fully saturated rings. The predicted octanol–water partition coefficient (Wildman–Crippen LogP) is 6.36. The van der Waals surface area contributed by atoms with Crippen molar-refractivity contribution < 1.29 is 0 Å². The summed E-state index contributed by atoms with van der Waals surface area (Å²) < 4.78 is 1.61. The summed E-state index contributed by atoms with van der Waals surface area (Å²) in [5.74, 6) is 0. The first-order chi connectivity index (χ1) is 14.3. The van der Waals surface area contributed by atoms with E-state index in [-0.39, 0.29) is 17.2 Å². The summed E-state index contributed by atoms with van der Waals surface area (Å²) in [6, 6.07) is 15.3. The average Bonchev–Trinajstić information content (AvgIpc) is 2.83. The molecule has 0 aliphatic heterocycles. The smallest absolute Gasteiger partial charge is 0.261 e. The van der Waals surface area contributed by atoms with Crippen LogP contribution in [0.25, 0.3) is 21.5 Å². The molecule has 0 spiro atoms. The van der Waals surface area contributed by atoms with Gasteiger partial charge in [-0.05, 0) is 35.7 Å². The number of hydrogen-bond acceptors (Lipinski definition) is 2. The topological polar surface area (TPSA) is 39.1 Å². The second-order valence-corrected chi connectivity index (χ2v) is 8.48. The molecule has 0 N–H and O–H groups in total. The van der Waals surface area contributed by atoms with E-state index >= 15 is 0 Å². The van der Waals surface area contributed by atoms with Crippen molar-refractivity contribution in [2.45, 2.75) is 76.7 Å². The standard InChI is InChI=1S/C26H31NO2/c28-25-23-18-12-10-16-21(23)22-17-11-13-19-24(22)26(29)27(25)20-14-8-6-4-2-1-3-5-7-9-15-20/h10-13,16-20H,1-9,14-15H2. The van der Waals surface area contributed by atoms with Gasteiger partial charge in [-0.15, -0.1) is 0 Å². The van der Waals surface area contributed by atoms with Crippen LogP contribution in [0, 0.1) is 0 Å². The van der Waals surface area contributed by atoms with Gasteiger partial charge in [0, 0.05) is 16.8 Å². The van der Waals surface area contributed by atoms with Gasteiger partial charge >= 0.3 is 0 Å². The van der Waals surface area contributed by atoms with Crippen LogP contribution in [0.4, 0.5) is 0 Å². The fraction of sp³-hybridized carbons (Fsp3) is 0.462. The molecule has 1 saturated carbocycles. The number of nitrogens with zero attached hydrogens (tertiary/aromatic N) is 1. The van der Waals surface area contributed by atoms with E-state index in [1.54, 1.807) is 4.57 Å². The number of aromatic nitrogens is 1. The van der Waals surface area contributed by atoms with Crippen LogP contribution in [0.2, 0.25) is 0 Å². The molecule has 3 heteroatoms. The van der Waals surface area contributed by atoms with Gasteiger partial charge in [0.15, 0.2) is 0 Å². The monoisotopic (exact) mass is 389 g/mol. The van der Waals surface area contributed by atoms with E-state index < -0.39 is 0 Å². The van der Waals surface area contributed by atoms with Crippen molar-refractivity contribution in [3.05, 3.63) is 69.2 Å². The first-order valence-corrected chi connectivity index (χ1v) is 11.3. The largest absolute Gasteiger partial charge is 0.271 e. The Labute approximate surface area is 172 Å². The highest BCUT2D eigenvalue weighted by atomic mass is 16.2. The summed E-state index contributed by atoms with van der Waals surface area (Å²) in [5, 5.41) is 3.04. The molecule has 0 radical (unpaired) electrons. The van der Waals surface area contributed by atoms with Crippen molar-refractivity contribution in [1.82, 2.24) is 4.57 Å². The predicted molar refractivity (Wildman–Crippen MR) is 122 cm³/mol. The highest BCUT2D eigenvalue weighted by Crippen LogP contribution is 2.25. The Morgan fingerprint density at radius 2 is 0.862 bits per heavy atom. The zero-order valence-electron chi connectivity index (χ0n) is 17.2. The summed E-state index contributed by atoms with van der Waals surface area (Å²) >= 11 is 0. The highest BCUT2D eigenvalue weighted by Gasteiger charge is 2.18. The van der Waals surface area contributed by atoms with Gasteiger partial charge in [0.25, 0.3) is 11.1 Å². The molecular formula is C26H31NO2. The van der Waals surface area contributed by atoms with Crippen molar-refractivity contribution in [2.75, 3.05) is 0 Å². The third-order valence-electron chi connectivity index (χ3n) is 6.48. The third kappa shape index (κ3) is 4.29. The van der Waals surface area contributed by atoms with Gasteiger partial charge in [0.2, 0.25) is 0 Å². The number of hydrogen-bond donors (Lipinski definition) is 0. The molecule has 152 valence electrons. The molecule has 1 aliphatic carbocycles. The van der Waals surface area contributed by atoms with Crippen LogP contribution in [0.3, 0.4) is 0 Å². The lowest BCUT2D eigenvalue weighted by molar-refractivity contribution is 0.376. The molecule has 1 heterocycles. The van der Waals surface area contributed by atoms with Crippen molar-refractivity contribution >= 4 is 21.5 Å². The second kappa shape index (κ2) is 9.39. The van der Waals surface area contributed by atoms with Crippen molar-refractivity contribution in [2.24, 2.45) is 0 Å². The van der Waals surface area contributed by atoms with Gasteiger partial charge in [-0.2, -0.15) is 0 Å². The molecular weight excluding hydrogens is 358 g/mol. The van der Waals surface area contributed by atoms with Gasteiger partial charge in [0.05, 0.1) is 0 Å². The van der Waals surface area contributed by atoms with Gasteiger partial charge in [-0.1, -0.05) is 94.2 Å². The van der Waals surface area contributed by atoms with E-state index in [0.29, 0.717) is 10.8 Å². The molecule has 3 nitrogen and oxygen atoms in total. The maximum absolute atomic E-state index is 13.6. The van der Waals surface area contributed by atoms with Crippen LogP contribution in [0.1, 0.15) is 76.7 Å². The summed E-state index contributed by atoms with van der Waals surface area (Å²) in [7, 11) is 0. The molecule has 0 saturated heterocycles. The Morgan fingerprint density at radius 3 is 1.28 bits per heavy atom. The Kier molecular flexibility index (Phi) is 6.43. The number of benzene rings is 2. The van der Waals surface area contributed by atoms with Crippen molar-refractivity contribution in [3.63, 3.8) is 0 Å². The van der Waals surface area contributed by atoms with Crippen LogP contribution in [0.5, 0.6) is 0 Å². The maximum Gasteiger partial charge on any atom is 0.261 e. The van der Waals surface area contributed by atoms with Crippen LogP contribution >= 0.6 is 0 Å². The molecule has 0 unspecified atom stereocenters. The molecule has 0 amide bonds. The lowest BCUT2D eigenvalue weighted by Crippen LogP contribution is -2.34.